The van der Waals surface area contributed by atoms with Crippen molar-refractivity contribution < 1.29 is 33.6 Å². The maximum absolute atomic E-state index is 11.0. The molecule has 0 aliphatic carbocycles. The molecule has 0 aliphatic rings. The zero-order chi connectivity index (χ0) is 17.2. The third kappa shape index (κ3) is 15.9. The lowest BCUT2D eigenvalue weighted by Crippen LogP contribution is -2.29. The quantitative estimate of drug-likeness (QED) is 0.303. The van der Waals surface area contributed by atoms with Crippen molar-refractivity contribution in [1.82, 2.24) is 0 Å². The van der Waals surface area contributed by atoms with Crippen LogP contribution in [0.2, 0.25) is 0 Å². The Hall–Kier alpha value is -0.730. The van der Waals surface area contributed by atoms with Crippen LogP contribution in [0.25, 0.3) is 0 Å². The number of ether oxygens (including phenoxy) is 5. The van der Waals surface area contributed by atoms with Gasteiger partial charge in [0, 0.05) is 6.61 Å². The Labute approximate surface area is 139 Å². The Bertz CT molecular complexity index is 261. The molecule has 0 aromatic heterocycles. The zero-order valence-corrected chi connectivity index (χ0v) is 14.5. The number of unbranched alkanes of at least 4 members (excludes halogenated alkanes) is 3. The van der Waals surface area contributed by atoms with Gasteiger partial charge in [0.15, 0.2) is 0 Å². The van der Waals surface area contributed by atoms with Crippen molar-refractivity contribution in [3.8, 4) is 0 Å². The van der Waals surface area contributed by atoms with Crippen LogP contribution in [0.3, 0.4) is 0 Å². The van der Waals surface area contributed by atoms with E-state index in [4.69, 9.17) is 28.8 Å². The van der Waals surface area contributed by atoms with Crippen molar-refractivity contribution in [2.45, 2.75) is 45.8 Å². The summed E-state index contributed by atoms with van der Waals surface area (Å²) < 4.78 is 26.1. The van der Waals surface area contributed by atoms with Crippen LogP contribution in [0.4, 0.5) is 0 Å². The van der Waals surface area contributed by atoms with Crippen molar-refractivity contribution in [2.75, 3.05) is 52.9 Å². The van der Waals surface area contributed by atoms with Crippen LogP contribution >= 0.6 is 0 Å². The molecule has 7 nitrogen and oxygen atoms in total. The minimum absolute atomic E-state index is 0.172. The number of carboxylic acid groups (broad SMARTS) is 1. The first-order chi connectivity index (χ1) is 11.2. The number of hydrogen-bond acceptors (Lipinski definition) is 6. The number of aliphatic carboxylic acids is 1. The maximum atomic E-state index is 11.0. The molecular weight excluding hydrogens is 304 g/mol. The molecule has 0 aromatic carbocycles. The monoisotopic (exact) mass is 336 g/mol. The van der Waals surface area contributed by atoms with Gasteiger partial charge >= 0.3 is 5.97 Å². The molecule has 0 bridgehead atoms. The molecule has 0 fully saturated rings. The van der Waals surface area contributed by atoms with Gasteiger partial charge < -0.3 is 28.8 Å². The fraction of sp³-hybridized carbons (Fsp3) is 0.938. The Kier molecular flexibility index (Phi) is 17.1. The highest BCUT2D eigenvalue weighted by molar-refractivity contribution is 5.70. The Morgan fingerprint density at radius 3 is 1.91 bits per heavy atom. The van der Waals surface area contributed by atoms with Crippen LogP contribution in [0.5, 0.6) is 0 Å². The molecule has 7 heteroatoms. The van der Waals surface area contributed by atoms with Crippen LogP contribution in [-0.2, 0) is 28.5 Å². The molecule has 0 aromatic rings. The van der Waals surface area contributed by atoms with Crippen molar-refractivity contribution in [3.05, 3.63) is 0 Å². The van der Waals surface area contributed by atoms with Crippen molar-refractivity contribution in [3.63, 3.8) is 0 Å². The van der Waals surface area contributed by atoms with Crippen molar-refractivity contribution >= 4 is 5.97 Å². The molecule has 0 spiro atoms. The molecule has 1 unspecified atom stereocenters. The lowest BCUT2D eigenvalue weighted by atomic mass is 10.2. The summed E-state index contributed by atoms with van der Waals surface area (Å²) in [5.41, 5.74) is 0. The molecule has 0 amide bonds. The maximum Gasteiger partial charge on any atom is 0.361 e. The highest BCUT2D eigenvalue weighted by Gasteiger charge is 2.18. The Morgan fingerprint density at radius 1 is 0.783 bits per heavy atom. The van der Waals surface area contributed by atoms with Gasteiger partial charge in [-0.25, -0.2) is 4.79 Å². The van der Waals surface area contributed by atoms with Gasteiger partial charge in [0.1, 0.15) is 0 Å². The minimum Gasteiger partial charge on any atom is -0.477 e. The first-order valence-electron chi connectivity index (χ1n) is 8.41. The van der Waals surface area contributed by atoms with E-state index in [1.807, 2.05) is 6.92 Å². The van der Waals surface area contributed by atoms with E-state index in [1.165, 1.54) is 0 Å². The Morgan fingerprint density at radius 2 is 1.35 bits per heavy atom. The average molecular weight is 336 g/mol. The summed E-state index contributed by atoms with van der Waals surface area (Å²) in [4.78, 5) is 11.0. The molecule has 1 atom stereocenters. The second-order valence-electron chi connectivity index (χ2n) is 4.89. The summed E-state index contributed by atoms with van der Waals surface area (Å²) >= 11 is 0. The fourth-order valence-corrected chi connectivity index (χ4v) is 1.71. The van der Waals surface area contributed by atoms with E-state index in [0.717, 1.165) is 25.7 Å². The SMILES string of the molecule is CCCCCCOC(OCCOCCOCCOCC)C(=O)O. The molecular formula is C16H32O7. The molecule has 0 saturated carbocycles. The smallest absolute Gasteiger partial charge is 0.361 e. The summed E-state index contributed by atoms with van der Waals surface area (Å²) in [6.45, 7) is 7.64. The van der Waals surface area contributed by atoms with Gasteiger partial charge in [-0.05, 0) is 13.3 Å². The number of carboxylic acids is 1. The zero-order valence-electron chi connectivity index (χ0n) is 14.5. The van der Waals surface area contributed by atoms with Crippen LogP contribution in [0.15, 0.2) is 0 Å². The minimum atomic E-state index is -1.22. The lowest BCUT2D eigenvalue weighted by Gasteiger charge is -2.14. The lowest BCUT2D eigenvalue weighted by molar-refractivity contribution is -0.192. The van der Waals surface area contributed by atoms with E-state index in [-0.39, 0.29) is 6.61 Å². The summed E-state index contributed by atoms with van der Waals surface area (Å²) in [5.74, 6) is -1.11. The molecule has 0 aliphatic heterocycles. The van der Waals surface area contributed by atoms with E-state index in [9.17, 15) is 4.79 Å². The summed E-state index contributed by atoms with van der Waals surface area (Å²) in [6, 6.07) is 0. The summed E-state index contributed by atoms with van der Waals surface area (Å²) in [5, 5.41) is 9.00. The van der Waals surface area contributed by atoms with E-state index in [1.54, 1.807) is 0 Å². The standard InChI is InChI=1S/C16H32O7/c1-3-5-6-7-8-22-16(15(17)18)23-14-13-21-12-11-20-10-9-19-4-2/h16H,3-14H2,1-2H3,(H,17,18). The highest BCUT2D eigenvalue weighted by atomic mass is 16.7. The number of hydrogen-bond donors (Lipinski definition) is 1. The predicted octanol–water partition coefficient (Wildman–Crippen LogP) is 2.08. The second-order valence-corrected chi connectivity index (χ2v) is 4.89. The van der Waals surface area contributed by atoms with Gasteiger partial charge in [-0.3, -0.25) is 0 Å². The Balaban J connectivity index is 3.45. The van der Waals surface area contributed by atoms with Crippen LogP contribution < -0.4 is 0 Å². The number of rotatable bonds is 18. The van der Waals surface area contributed by atoms with Gasteiger partial charge in [-0.1, -0.05) is 26.2 Å². The normalized spacial score (nSPS) is 12.4. The predicted molar refractivity (Wildman–Crippen MR) is 85.6 cm³/mol. The first kappa shape index (κ1) is 22.3. The molecule has 0 saturated heterocycles. The fourth-order valence-electron chi connectivity index (χ4n) is 1.71. The molecule has 0 rings (SSSR count). The van der Waals surface area contributed by atoms with E-state index in [0.29, 0.717) is 46.2 Å². The van der Waals surface area contributed by atoms with E-state index in [2.05, 4.69) is 6.92 Å². The van der Waals surface area contributed by atoms with Crippen molar-refractivity contribution in [2.24, 2.45) is 0 Å². The molecule has 23 heavy (non-hydrogen) atoms. The van der Waals surface area contributed by atoms with Gasteiger partial charge in [0.2, 0.25) is 0 Å². The number of carbonyl (C=O) groups is 1. The largest absolute Gasteiger partial charge is 0.477 e. The van der Waals surface area contributed by atoms with Gasteiger partial charge in [-0.2, -0.15) is 0 Å². The van der Waals surface area contributed by atoms with Gasteiger partial charge in [-0.15, -0.1) is 0 Å². The van der Waals surface area contributed by atoms with E-state index < -0.39 is 12.3 Å². The highest BCUT2D eigenvalue weighted by Crippen LogP contribution is 2.02. The summed E-state index contributed by atoms with van der Waals surface area (Å²) in [7, 11) is 0. The van der Waals surface area contributed by atoms with Crippen LogP contribution in [0.1, 0.15) is 39.5 Å². The van der Waals surface area contributed by atoms with Crippen molar-refractivity contribution in [1.29, 1.82) is 0 Å². The van der Waals surface area contributed by atoms with E-state index >= 15 is 0 Å². The van der Waals surface area contributed by atoms with Crippen LogP contribution in [-0.4, -0.2) is 70.2 Å². The van der Waals surface area contributed by atoms with Gasteiger partial charge in [0.25, 0.3) is 6.29 Å². The molecule has 1 N–H and O–H groups in total. The second kappa shape index (κ2) is 17.6. The van der Waals surface area contributed by atoms with Gasteiger partial charge in [0.05, 0.1) is 46.2 Å². The summed E-state index contributed by atoms with van der Waals surface area (Å²) in [6.07, 6.45) is 2.92. The third-order valence-electron chi connectivity index (χ3n) is 2.91. The molecule has 0 radical (unpaired) electrons. The molecule has 0 heterocycles. The average Bonchev–Trinajstić information content (AvgIpc) is 2.54. The first-order valence-corrected chi connectivity index (χ1v) is 8.41. The topological polar surface area (TPSA) is 83.5 Å². The van der Waals surface area contributed by atoms with Crippen LogP contribution in [0, 0.1) is 0 Å². The third-order valence-corrected chi connectivity index (χ3v) is 2.91. The molecule has 138 valence electrons.